The van der Waals surface area contributed by atoms with Crippen LogP contribution in [0.2, 0.25) is 0 Å². The van der Waals surface area contributed by atoms with Crippen molar-refractivity contribution in [2.75, 3.05) is 18.7 Å². The summed E-state index contributed by atoms with van der Waals surface area (Å²) in [4.78, 5) is 38.3. The quantitative estimate of drug-likeness (QED) is 0.815. The van der Waals surface area contributed by atoms with Crippen LogP contribution in [0.3, 0.4) is 0 Å². The third kappa shape index (κ3) is 3.45. The number of thioether (sulfide) groups is 1. The van der Waals surface area contributed by atoms with Crippen LogP contribution in [0.25, 0.3) is 0 Å². The molecule has 20 heavy (non-hydrogen) atoms. The van der Waals surface area contributed by atoms with Crippen molar-refractivity contribution in [3.63, 3.8) is 0 Å². The summed E-state index contributed by atoms with van der Waals surface area (Å²) in [6, 6.07) is -1.44. The van der Waals surface area contributed by atoms with E-state index in [1.54, 1.807) is 4.90 Å². The van der Waals surface area contributed by atoms with Gasteiger partial charge >= 0.3 is 5.97 Å². The number of likely N-dealkylation sites (N-methyl/N-ethyl adjacent to an activating group) is 1. The first-order chi connectivity index (χ1) is 9.31. The van der Waals surface area contributed by atoms with Crippen LogP contribution < -0.4 is 0 Å². The van der Waals surface area contributed by atoms with Gasteiger partial charge in [-0.3, -0.25) is 9.59 Å². The fourth-order valence-electron chi connectivity index (χ4n) is 1.91. The molecule has 0 saturated carbocycles. The standard InChI is InChI=1S/C13H22N2O4S/c1-5-8(2)11(16)15-7-20-6-10(15)12(17)14(4)9(3)13(18)19/h8-10H,5-7H2,1-4H3,(H,18,19). The molecule has 1 aliphatic rings. The molecule has 0 aliphatic carbocycles. The number of amides is 2. The van der Waals surface area contributed by atoms with Gasteiger partial charge in [0.2, 0.25) is 11.8 Å². The molecule has 2 amide bonds. The maximum Gasteiger partial charge on any atom is 0.326 e. The summed E-state index contributed by atoms with van der Waals surface area (Å²) in [7, 11) is 1.47. The zero-order valence-corrected chi connectivity index (χ0v) is 13.1. The van der Waals surface area contributed by atoms with Crippen molar-refractivity contribution in [1.29, 1.82) is 0 Å². The van der Waals surface area contributed by atoms with Crippen LogP contribution >= 0.6 is 11.8 Å². The number of carboxylic acids is 1. The smallest absolute Gasteiger partial charge is 0.326 e. The number of rotatable bonds is 5. The first-order valence-corrected chi connectivity index (χ1v) is 7.84. The Kier molecular flexibility index (Phi) is 5.86. The van der Waals surface area contributed by atoms with Gasteiger partial charge in [0.05, 0.1) is 5.88 Å². The van der Waals surface area contributed by atoms with Gasteiger partial charge in [-0.1, -0.05) is 13.8 Å². The van der Waals surface area contributed by atoms with Crippen LogP contribution in [0.15, 0.2) is 0 Å². The largest absolute Gasteiger partial charge is 0.480 e. The Balaban J connectivity index is 2.81. The highest BCUT2D eigenvalue weighted by Crippen LogP contribution is 2.25. The lowest BCUT2D eigenvalue weighted by Gasteiger charge is -2.30. The van der Waals surface area contributed by atoms with E-state index in [0.29, 0.717) is 11.6 Å². The Bertz CT molecular complexity index is 402. The van der Waals surface area contributed by atoms with Crippen molar-refractivity contribution in [2.45, 2.75) is 39.3 Å². The summed E-state index contributed by atoms with van der Waals surface area (Å²) < 4.78 is 0. The molecule has 0 aromatic rings. The average Bonchev–Trinajstić information content (AvgIpc) is 2.92. The van der Waals surface area contributed by atoms with E-state index in [4.69, 9.17) is 5.11 Å². The van der Waals surface area contributed by atoms with Crippen LogP contribution in [0, 0.1) is 5.92 Å². The molecule has 0 radical (unpaired) electrons. The van der Waals surface area contributed by atoms with Gasteiger partial charge in [0.15, 0.2) is 0 Å². The molecule has 1 fully saturated rings. The predicted molar refractivity (Wildman–Crippen MR) is 77.3 cm³/mol. The molecule has 1 heterocycles. The maximum atomic E-state index is 12.4. The first kappa shape index (κ1) is 16.8. The SMILES string of the molecule is CCC(C)C(=O)N1CSCC1C(=O)N(C)C(C)C(=O)O. The first-order valence-electron chi connectivity index (χ1n) is 6.68. The Morgan fingerprint density at radius 2 is 2.00 bits per heavy atom. The van der Waals surface area contributed by atoms with E-state index in [1.807, 2.05) is 13.8 Å². The summed E-state index contributed by atoms with van der Waals surface area (Å²) in [5.74, 6) is -0.488. The number of carboxylic acid groups (broad SMARTS) is 1. The second-order valence-electron chi connectivity index (χ2n) is 5.10. The van der Waals surface area contributed by atoms with Gasteiger partial charge in [-0.25, -0.2) is 4.79 Å². The molecule has 0 aromatic carbocycles. The molecule has 3 atom stereocenters. The maximum absolute atomic E-state index is 12.4. The van der Waals surface area contributed by atoms with Gasteiger partial charge in [-0.05, 0) is 13.3 Å². The van der Waals surface area contributed by atoms with Gasteiger partial charge in [-0.2, -0.15) is 0 Å². The Morgan fingerprint density at radius 1 is 1.40 bits per heavy atom. The van der Waals surface area contributed by atoms with Crippen LogP contribution in [0.4, 0.5) is 0 Å². The molecule has 3 unspecified atom stereocenters. The van der Waals surface area contributed by atoms with Crippen LogP contribution in [-0.2, 0) is 14.4 Å². The minimum absolute atomic E-state index is 0.0350. The van der Waals surface area contributed by atoms with Crippen LogP contribution in [-0.4, -0.2) is 63.5 Å². The molecular formula is C13H22N2O4S. The average molecular weight is 302 g/mol. The van der Waals surface area contributed by atoms with Crippen molar-refractivity contribution < 1.29 is 19.5 Å². The highest BCUT2D eigenvalue weighted by atomic mass is 32.2. The highest BCUT2D eigenvalue weighted by Gasteiger charge is 2.39. The normalized spacial score (nSPS) is 21.4. The summed E-state index contributed by atoms with van der Waals surface area (Å²) in [6.07, 6.45) is 0.724. The van der Waals surface area contributed by atoms with E-state index >= 15 is 0 Å². The second-order valence-corrected chi connectivity index (χ2v) is 6.10. The molecule has 7 heteroatoms. The molecule has 1 rings (SSSR count). The number of hydrogen-bond acceptors (Lipinski definition) is 4. The number of carbonyl (C=O) groups is 3. The monoisotopic (exact) mass is 302 g/mol. The number of carbonyl (C=O) groups excluding carboxylic acids is 2. The van der Waals surface area contributed by atoms with Gasteiger partial charge in [0.1, 0.15) is 12.1 Å². The van der Waals surface area contributed by atoms with Crippen molar-refractivity contribution in [1.82, 2.24) is 9.80 Å². The van der Waals surface area contributed by atoms with E-state index in [9.17, 15) is 14.4 Å². The van der Waals surface area contributed by atoms with E-state index in [2.05, 4.69) is 0 Å². The van der Waals surface area contributed by atoms with E-state index in [1.165, 1.54) is 30.6 Å². The number of nitrogens with zero attached hydrogens (tertiary/aromatic N) is 2. The Labute approximate surface area is 123 Å². The fourth-order valence-corrected chi connectivity index (χ4v) is 3.07. The molecule has 1 N–H and O–H groups in total. The summed E-state index contributed by atoms with van der Waals surface area (Å²) in [6.45, 7) is 5.24. The lowest BCUT2D eigenvalue weighted by Crippen LogP contribution is -2.52. The Hall–Kier alpha value is -1.24. The molecule has 6 nitrogen and oxygen atoms in total. The third-order valence-corrected chi connectivity index (χ3v) is 4.78. The van der Waals surface area contributed by atoms with Crippen molar-refractivity contribution in [3.8, 4) is 0 Å². The number of aliphatic carboxylic acids is 1. The molecule has 0 spiro atoms. The van der Waals surface area contributed by atoms with Crippen molar-refractivity contribution >= 4 is 29.5 Å². The fraction of sp³-hybridized carbons (Fsp3) is 0.769. The highest BCUT2D eigenvalue weighted by molar-refractivity contribution is 7.99. The van der Waals surface area contributed by atoms with Gasteiger partial charge < -0.3 is 14.9 Å². The minimum atomic E-state index is -1.05. The van der Waals surface area contributed by atoms with E-state index < -0.39 is 18.1 Å². The number of hydrogen-bond donors (Lipinski definition) is 1. The zero-order chi connectivity index (χ0) is 15.4. The second kappa shape index (κ2) is 6.97. The van der Waals surface area contributed by atoms with Crippen molar-refractivity contribution in [2.24, 2.45) is 5.92 Å². The summed E-state index contributed by atoms with van der Waals surface area (Å²) in [5, 5.41) is 8.97. The van der Waals surface area contributed by atoms with Crippen molar-refractivity contribution in [3.05, 3.63) is 0 Å². The molecular weight excluding hydrogens is 280 g/mol. The van der Waals surface area contributed by atoms with E-state index in [-0.39, 0.29) is 17.7 Å². The molecule has 0 aromatic heterocycles. The predicted octanol–water partition coefficient (Wildman–Crippen LogP) is 0.865. The molecule has 0 bridgehead atoms. The Morgan fingerprint density at radius 3 is 2.50 bits per heavy atom. The third-order valence-electron chi connectivity index (χ3n) is 3.77. The van der Waals surface area contributed by atoms with Crippen LogP contribution in [0.5, 0.6) is 0 Å². The topological polar surface area (TPSA) is 77.9 Å². The molecule has 114 valence electrons. The summed E-state index contributed by atoms with van der Waals surface area (Å²) in [5.41, 5.74) is 0. The van der Waals surface area contributed by atoms with Crippen LogP contribution in [0.1, 0.15) is 27.2 Å². The van der Waals surface area contributed by atoms with Gasteiger partial charge in [-0.15, -0.1) is 11.8 Å². The van der Waals surface area contributed by atoms with E-state index in [0.717, 1.165) is 6.42 Å². The van der Waals surface area contributed by atoms with Gasteiger partial charge in [0, 0.05) is 18.7 Å². The molecule has 1 aliphatic heterocycles. The zero-order valence-electron chi connectivity index (χ0n) is 12.3. The molecule has 1 saturated heterocycles. The lowest BCUT2D eigenvalue weighted by molar-refractivity contribution is -0.152. The lowest BCUT2D eigenvalue weighted by atomic mass is 10.1. The minimum Gasteiger partial charge on any atom is -0.480 e. The summed E-state index contributed by atoms with van der Waals surface area (Å²) >= 11 is 1.52. The van der Waals surface area contributed by atoms with Gasteiger partial charge in [0.25, 0.3) is 0 Å².